The van der Waals surface area contributed by atoms with Gasteiger partial charge in [0.05, 0.1) is 12.8 Å². The predicted molar refractivity (Wildman–Crippen MR) is 120 cm³/mol. The van der Waals surface area contributed by atoms with Gasteiger partial charge in [0.1, 0.15) is 11.6 Å². The van der Waals surface area contributed by atoms with Crippen LogP contribution in [0.1, 0.15) is 25.5 Å². The Labute approximate surface area is 176 Å². The molecule has 3 aromatic carbocycles. The largest absolute Gasteiger partial charge is 0.497 e. The minimum absolute atomic E-state index is 0.224. The van der Waals surface area contributed by atoms with Crippen LogP contribution in [0.3, 0.4) is 0 Å². The maximum absolute atomic E-state index is 14.3. The van der Waals surface area contributed by atoms with Gasteiger partial charge in [-0.1, -0.05) is 38.1 Å². The van der Waals surface area contributed by atoms with Crippen molar-refractivity contribution in [1.29, 1.82) is 0 Å². The second-order valence-corrected chi connectivity index (χ2v) is 7.53. The molecule has 0 fully saturated rings. The molecule has 0 aliphatic heterocycles. The minimum Gasteiger partial charge on any atom is -0.497 e. The molecule has 1 heterocycles. The first-order chi connectivity index (χ1) is 14.5. The van der Waals surface area contributed by atoms with Crippen molar-refractivity contribution >= 4 is 22.4 Å². The van der Waals surface area contributed by atoms with Gasteiger partial charge in [-0.15, -0.1) is 0 Å². The third-order valence-corrected chi connectivity index (χ3v) is 5.23. The monoisotopic (exact) mass is 401 g/mol. The topological polar surface area (TPSA) is 38.2 Å². The van der Waals surface area contributed by atoms with Crippen LogP contribution in [0.5, 0.6) is 5.75 Å². The summed E-state index contributed by atoms with van der Waals surface area (Å²) >= 11 is 0. The molecule has 0 saturated heterocycles. The van der Waals surface area contributed by atoms with E-state index in [0.29, 0.717) is 11.3 Å². The molecule has 4 rings (SSSR count). The van der Waals surface area contributed by atoms with E-state index in [1.165, 1.54) is 6.07 Å². The van der Waals surface area contributed by atoms with E-state index in [1.807, 2.05) is 60.5 Å². The number of nitrogens with zero attached hydrogens (tertiary/aromatic N) is 3. The van der Waals surface area contributed by atoms with E-state index in [9.17, 15) is 4.39 Å². The Morgan fingerprint density at radius 1 is 0.900 bits per heavy atom. The van der Waals surface area contributed by atoms with Gasteiger partial charge in [0.25, 0.3) is 0 Å². The summed E-state index contributed by atoms with van der Waals surface area (Å²) in [5.41, 5.74) is 3.55. The van der Waals surface area contributed by atoms with Crippen molar-refractivity contribution in [3.05, 3.63) is 78.2 Å². The zero-order valence-corrected chi connectivity index (χ0v) is 17.6. The van der Waals surface area contributed by atoms with E-state index in [-0.39, 0.29) is 11.7 Å². The van der Waals surface area contributed by atoms with Gasteiger partial charge < -0.3 is 9.64 Å². The van der Waals surface area contributed by atoms with Gasteiger partial charge in [-0.3, -0.25) is 0 Å². The van der Waals surface area contributed by atoms with Crippen LogP contribution in [-0.4, -0.2) is 24.1 Å². The molecule has 4 nitrogen and oxygen atoms in total. The van der Waals surface area contributed by atoms with Crippen LogP contribution in [0.4, 0.5) is 16.0 Å². The third kappa shape index (κ3) is 3.71. The fourth-order valence-corrected chi connectivity index (χ4v) is 3.44. The van der Waals surface area contributed by atoms with Crippen molar-refractivity contribution in [3.63, 3.8) is 0 Å². The molecule has 0 aliphatic rings. The number of aromatic nitrogens is 2. The lowest BCUT2D eigenvalue weighted by Crippen LogP contribution is -2.15. The first-order valence-corrected chi connectivity index (χ1v) is 9.92. The Kier molecular flexibility index (Phi) is 5.36. The molecule has 0 N–H and O–H groups in total. The average Bonchev–Trinajstić information content (AvgIpc) is 2.78. The van der Waals surface area contributed by atoms with Gasteiger partial charge in [-0.2, -0.15) is 0 Å². The summed E-state index contributed by atoms with van der Waals surface area (Å²) in [5.74, 6) is 1.38. The predicted octanol–water partition coefficient (Wildman–Crippen LogP) is 6.34. The molecule has 0 atom stereocenters. The average molecular weight is 401 g/mol. The Hall–Kier alpha value is -3.47. The fourth-order valence-electron chi connectivity index (χ4n) is 3.44. The summed E-state index contributed by atoms with van der Waals surface area (Å²) in [6.07, 6.45) is 0. The molecule has 0 saturated carbocycles. The van der Waals surface area contributed by atoms with Crippen LogP contribution in [0.15, 0.2) is 66.7 Å². The van der Waals surface area contributed by atoms with Gasteiger partial charge in [0.15, 0.2) is 0 Å². The number of methoxy groups -OCH3 is 1. The Bertz CT molecular complexity index is 1190. The second kappa shape index (κ2) is 8.11. The highest BCUT2D eigenvalue weighted by molar-refractivity contribution is 5.96. The van der Waals surface area contributed by atoms with Crippen molar-refractivity contribution in [2.24, 2.45) is 0 Å². The molecule has 0 spiro atoms. The van der Waals surface area contributed by atoms with E-state index < -0.39 is 0 Å². The minimum atomic E-state index is -0.233. The number of halogens is 1. The van der Waals surface area contributed by atoms with Crippen molar-refractivity contribution in [3.8, 4) is 17.0 Å². The molecule has 0 unspecified atom stereocenters. The lowest BCUT2D eigenvalue weighted by Gasteiger charge is -2.20. The van der Waals surface area contributed by atoms with E-state index in [4.69, 9.17) is 14.7 Å². The zero-order valence-electron chi connectivity index (χ0n) is 17.6. The van der Waals surface area contributed by atoms with Crippen LogP contribution in [-0.2, 0) is 0 Å². The summed E-state index contributed by atoms with van der Waals surface area (Å²) in [5, 5.41) is 1.42. The Morgan fingerprint density at radius 2 is 1.60 bits per heavy atom. The summed E-state index contributed by atoms with van der Waals surface area (Å²) < 4.78 is 19.6. The summed E-state index contributed by atoms with van der Waals surface area (Å²) in [6, 6.07) is 20.5. The number of hydrogen-bond acceptors (Lipinski definition) is 4. The smallest absolute Gasteiger partial charge is 0.230 e. The summed E-state index contributed by atoms with van der Waals surface area (Å²) in [6.45, 7) is 4.21. The van der Waals surface area contributed by atoms with Crippen LogP contribution >= 0.6 is 0 Å². The summed E-state index contributed by atoms with van der Waals surface area (Å²) in [7, 11) is 3.58. The molecular weight excluding hydrogens is 377 g/mol. The third-order valence-electron chi connectivity index (χ3n) is 5.23. The van der Waals surface area contributed by atoms with Crippen molar-refractivity contribution < 1.29 is 9.13 Å². The highest BCUT2D eigenvalue weighted by atomic mass is 19.1. The van der Waals surface area contributed by atoms with Crippen molar-refractivity contribution in [1.82, 2.24) is 9.97 Å². The molecule has 0 bridgehead atoms. The van der Waals surface area contributed by atoms with Gasteiger partial charge in [-0.05, 0) is 53.8 Å². The van der Waals surface area contributed by atoms with Crippen LogP contribution < -0.4 is 9.64 Å². The first kappa shape index (κ1) is 19.8. The van der Waals surface area contributed by atoms with Gasteiger partial charge in [-0.25, -0.2) is 14.4 Å². The quantitative estimate of drug-likeness (QED) is 0.391. The summed E-state index contributed by atoms with van der Waals surface area (Å²) in [4.78, 5) is 11.6. The number of benzene rings is 3. The van der Waals surface area contributed by atoms with E-state index in [0.717, 1.165) is 33.8 Å². The first-order valence-electron chi connectivity index (χ1n) is 9.92. The number of rotatable bonds is 5. The second-order valence-electron chi connectivity index (χ2n) is 7.53. The molecular formula is C25H24FN3O. The molecule has 5 heteroatoms. The fraction of sp³-hybridized carbons (Fsp3) is 0.200. The molecule has 4 aromatic rings. The van der Waals surface area contributed by atoms with Gasteiger partial charge >= 0.3 is 0 Å². The number of anilines is 2. The van der Waals surface area contributed by atoms with Crippen LogP contribution in [0, 0.1) is 5.82 Å². The number of hydrogen-bond donors (Lipinski definition) is 0. The Morgan fingerprint density at radius 3 is 2.27 bits per heavy atom. The van der Waals surface area contributed by atoms with Gasteiger partial charge in [0.2, 0.25) is 5.95 Å². The Balaban J connectivity index is 1.86. The zero-order chi connectivity index (χ0) is 21.3. The van der Waals surface area contributed by atoms with Crippen LogP contribution in [0.2, 0.25) is 0 Å². The highest BCUT2D eigenvalue weighted by Crippen LogP contribution is 2.32. The highest BCUT2D eigenvalue weighted by Gasteiger charge is 2.16. The molecule has 0 radical (unpaired) electrons. The van der Waals surface area contributed by atoms with Crippen molar-refractivity contribution in [2.75, 3.05) is 19.1 Å². The maximum Gasteiger partial charge on any atom is 0.230 e. The van der Waals surface area contributed by atoms with E-state index in [2.05, 4.69) is 13.8 Å². The van der Waals surface area contributed by atoms with Gasteiger partial charge in [0, 0.05) is 29.4 Å². The molecule has 0 amide bonds. The molecule has 152 valence electrons. The SMILES string of the molecule is COc1ccc(N(C)c2nc(-c3ccc(F)c4ccccc34)cc(C(C)C)n2)cc1. The molecule has 0 aliphatic carbocycles. The lowest BCUT2D eigenvalue weighted by molar-refractivity contribution is 0.415. The number of ether oxygens (including phenoxy) is 1. The standard InChI is InChI=1S/C25H24FN3O/c1-16(2)23-15-24(21-13-14-22(26)20-8-6-5-7-19(20)21)28-25(27-23)29(3)17-9-11-18(30-4)12-10-17/h5-16H,1-4H3. The normalized spacial score (nSPS) is 11.1. The van der Waals surface area contributed by atoms with Crippen molar-refractivity contribution in [2.45, 2.75) is 19.8 Å². The maximum atomic E-state index is 14.3. The number of fused-ring (bicyclic) bond motifs is 1. The van der Waals surface area contributed by atoms with E-state index >= 15 is 0 Å². The molecule has 1 aromatic heterocycles. The van der Waals surface area contributed by atoms with E-state index in [1.54, 1.807) is 19.2 Å². The van der Waals surface area contributed by atoms with Crippen LogP contribution in [0.25, 0.3) is 22.0 Å². The molecule has 30 heavy (non-hydrogen) atoms. The lowest BCUT2D eigenvalue weighted by atomic mass is 10.00.